The maximum absolute atomic E-state index is 12.2. The average Bonchev–Trinajstić information content (AvgIpc) is 3.18. The summed E-state index contributed by atoms with van der Waals surface area (Å²) in [5.41, 5.74) is 0.719. The average molecular weight is 330 g/mol. The Morgan fingerprint density at radius 3 is 2.87 bits per heavy atom. The van der Waals surface area contributed by atoms with Crippen LogP contribution in [0.15, 0.2) is 30.3 Å². The van der Waals surface area contributed by atoms with E-state index in [0.717, 1.165) is 42.5 Å². The molecule has 0 radical (unpaired) electrons. The topological polar surface area (TPSA) is 58.1 Å². The highest BCUT2D eigenvalue weighted by Gasteiger charge is 2.25. The van der Waals surface area contributed by atoms with Gasteiger partial charge in [0.25, 0.3) is 5.91 Å². The summed E-state index contributed by atoms with van der Waals surface area (Å²) in [5.74, 6) is 1.31. The van der Waals surface area contributed by atoms with Gasteiger partial charge in [0.1, 0.15) is 10.8 Å². The van der Waals surface area contributed by atoms with Gasteiger partial charge in [-0.05, 0) is 30.1 Å². The molecule has 1 atom stereocenters. The minimum atomic E-state index is 0.00968. The van der Waals surface area contributed by atoms with Gasteiger partial charge < -0.3 is 5.32 Å². The summed E-state index contributed by atoms with van der Waals surface area (Å²) in [6, 6.07) is 9.59. The maximum Gasteiger partial charge on any atom is 0.251 e. The van der Waals surface area contributed by atoms with Crippen LogP contribution in [0.3, 0.4) is 0 Å². The predicted octanol–water partition coefficient (Wildman–Crippen LogP) is 2.67. The van der Waals surface area contributed by atoms with Crippen LogP contribution in [0.1, 0.15) is 47.4 Å². The summed E-state index contributed by atoms with van der Waals surface area (Å²) < 4.78 is 4.40. The monoisotopic (exact) mass is 330 g/mol. The molecule has 1 aromatic heterocycles. The van der Waals surface area contributed by atoms with Gasteiger partial charge in [0.2, 0.25) is 0 Å². The highest BCUT2D eigenvalue weighted by Crippen LogP contribution is 2.18. The molecule has 2 aromatic rings. The Labute approximate surface area is 140 Å². The fraction of sp³-hybridized carbons (Fsp3) is 0.471. The first kappa shape index (κ1) is 16.1. The zero-order valence-corrected chi connectivity index (χ0v) is 14.3. The van der Waals surface area contributed by atoms with Crippen LogP contribution < -0.4 is 5.32 Å². The van der Waals surface area contributed by atoms with E-state index in [9.17, 15) is 4.79 Å². The minimum absolute atomic E-state index is 0.00968. The summed E-state index contributed by atoms with van der Waals surface area (Å²) in [7, 11) is 0. The Morgan fingerprint density at radius 1 is 1.39 bits per heavy atom. The van der Waals surface area contributed by atoms with Crippen molar-refractivity contribution in [3.05, 3.63) is 46.7 Å². The lowest BCUT2D eigenvalue weighted by Gasteiger charge is -2.15. The summed E-state index contributed by atoms with van der Waals surface area (Å²) in [6.45, 7) is 6.89. The van der Waals surface area contributed by atoms with Crippen molar-refractivity contribution in [3.63, 3.8) is 0 Å². The standard InChI is InChI=1S/C17H22N4OS/c1-12(2)16-19-15(23-20-16)11-21-9-8-14(10-21)18-17(22)13-6-4-3-5-7-13/h3-7,12,14H,8-11H2,1-2H3,(H,18,22)/t14-/m0/s1. The summed E-state index contributed by atoms with van der Waals surface area (Å²) in [4.78, 5) is 19.1. The largest absolute Gasteiger partial charge is 0.348 e. The Hall–Kier alpha value is -1.79. The highest BCUT2D eigenvalue weighted by molar-refractivity contribution is 7.05. The van der Waals surface area contributed by atoms with Crippen molar-refractivity contribution in [1.29, 1.82) is 0 Å². The molecule has 0 saturated carbocycles. The van der Waals surface area contributed by atoms with Gasteiger partial charge in [-0.3, -0.25) is 9.69 Å². The molecule has 0 bridgehead atoms. The van der Waals surface area contributed by atoms with Gasteiger partial charge in [0, 0.05) is 30.6 Å². The molecule has 0 aliphatic carbocycles. The Bertz CT molecular complexity index is 656. The number of carbonyl (C=O) groups excluding carboxylic acids is 1. The number of rotatable bonds is 5. The number of hydrogen-bond acceptors (Lipinski definition) is 5. The van der Waals surface area contributed by atoms with E-state index in [4.69, 9.17) is 0 Å². The second kappa shape index (κ2) is 7.19. The lowest BCUT2D eigenvalue weighted by atomic mass is 10.2. The van der Waals surface area contributed by atoms with Gasteiger partial charge in [-0.1, -0.05) is 32.0 Å². The van der Waals surface area contributed by atoms with E-state index in [2.05, 4.69) is 33.4 Å². The van der Waals surface area contributed by atoms with Gasteiger partial charge in [-0.25, -0.2) is 4.98 Å². The smallest absolute Gasteiger partial charge is 0.251 e. The summed E-state index contributed by atoms with van der Waals surface area (Å²) in [5, 5.41) is 4.18. The lowest BCUT2D eigenvalue weighted by Crippen LogP contribution is -2.36. The Morgan fingerprint density at radius 2 is 2.17 bits per heavy atom. The van der Waals surface area contributed by atoms with Gasteiger partial charge in [0.15, 0.2) is 0 Å². The predicted molar refractivity (Wildman–Crippen MR) is 91.6 cm³/mol. The molecule has 0 unspecified atom stereocenters. The van der Waals surface area contributed by atoms with Crippen molar-refractivity contribution in [2.45, 2.75) is 38.8 Å². The van der Waals surface area contributed by atoms with Crippen LogP contribution >= 0.6 is 11.5 Å². The molecule has 1 fully saturated rings. The van der Waals surface area contributed by atoms with Crippen molar-refractivity contribution >= 4 is 17.4 Å². The molecule has 122 valence electrons. The molecular weight excluding hydrogens is 308 g/mol. The second-order valence-electron chi connectivity index (χ2n) is 6.26. The van der Waals surface area contributed by atoms with E-state index in [1.807, 2.05) is 30.3 Å². The number of likely N-dealkylation sites (tertiary alicyclic amines) is 1. The summed E-state index contributed by atoms with van der Waals surface area (Å²) in [6.07, 6.45) is 0.981. The molecule has 1 saturated heterocycles. The molecule has 1 amide bonds. The first-order valence-corrected chi connectivity index (χ1v) is 8.80. The lowest BCUT2D eigenvalue weighted by molar-refractivity contribution is 0.0937. The zero-order chi connectivity index (χ0) is 16.2. The van der Waals surface area contributed by atoms with Crippen molar-refractivity contribution in [2.75, 3.05) is 13.1 Å². The van der Waals surface area contributed by atoms with Gasteiger partial charge in [-0.2, -0.15) is 4.37 Å². The first-order valence-electron chi connectivity index (χ1n) is 8.02. The molecule has 1 aliphatic rings. The highest BCUT2D eigenvalue weighted by atomic mass is 32.1. The third-order valence-corrected chi connectivity index (χ3v) is 4.71. The molecule has 0 spiro atoms. The SMILES string of the molecule is CC(C)c1nsc(CN2CC[C@H](NC(=O)c3ccccc3)C2)n1. The van der Waals surface area contributed by atoms with Crippen molar-refractivity contribution in [3.8, 4) is 0 Å². The van der Waals surface area contributed by atoms with Crippen LogP contribution in [0.25, 0.3) is 0 Å². The molecule has 3 rings (SSSR count). The van der Waals surface area contributed by atoms with Gasteiger partial charge >= 0.3 is 0 Å². The van der Waals surface area contributed by atoms with Crippen LogP contribution in [0.5, 0.6) is 0 Å². The van der Waals surface area contributed by atoms with E-state index in [-0.39, 0.29) is 11.9 Å². The quantitative estimate of drug-likeness (QED) is 0.916. The van der Waals surface area contributed by atoms with Gasteiger partial charge in [0.05, 0.1) is 6.54 Å². The maximum atomic E-state index is 12.2. The number of hydrogen-bond donors (Lipinski definition) is 1. The number of amides is 1. The normalized spacial score (nSPS) is 18.5. The fourth-order valence-corrected chi connectivity index (χ4v) is 3.54. The van der Waals surface area contributed by atoms with Crippen LogP contribution in [0.4, 0.5) is 0 Å². The van der Waals surface area contributed by atoms with Crippen LogP contribution in [-0.4, -0.2) is 39.3 Å². The molecule has 1 aliphatic heterocycles. The van der Waals surface area contributed by atoms with E-state index >= 15 is 0 Å². The van der Waals surface area contributed by atoms with E-state index < -0.39 is 0 Å². The first-order chi connectivity index (χ1) is 11.1. The van der Waals surface area contributed by atoms with E-state index in [1.54, 1.807) is 0 Å². The number of carbonyl (C=O) groups is 1. The second-order valence-corrected chi connectivity index (χ2v) is 7.10. The van der Waals surface area contributed by atoms with Crippen molar-refractivity contribution in [2.24, 2.45) is 0 Å². The number of nitrogens with zero attached hydrogens (tertiary/aromatic N) is 3. The minimum Gasteiger partial charge on any atom is -0.348 e. The molecule has 1 aromatic carbocycles. The van der Waals surface area contributed by atoms with Crippen LogP contribution in [0, 0.1) is 0 Å². The molecule has 1 N–H and O–H groups in total. The van der Waals surface area contributed by atoms with Crippen LogP contribution in [0.2, 0.25) is 0 Å². The molecule has 23 heavy (non-hydrogen) atoms. The zero-order valence-electron chi connectivity index (χ0n) is 13.5. The third-order valence-electron chi connectivity index (χ3n) is 4.00. The van der Waals surface area contributed by atoms with Crippen LogP contribution in [-0.2, 0) is 6.54 Å². The number of benzene rings is 1. The van der Waals surface area contributed by atoms with E-state index in [0.29, 0.717) is 5.92 Å². The van der Waals surface area contributed by atoms with Crippen molar-refractivity contribution < 1.29 is 4.79 Å². The number of aromatic nitrogens is 2. The summed E-state index contributed by atoms with van der Waals surface area (Å²) >= 11 is 1.49. The molecule has 2 heterocycles. The molecule has 6 heteroatoms. The molecule has 5 nitrogen and oxygen atoms in total. The van der Waals surface area contributed by atoms with Crippen molar-refractivity contribution in [1.82, 2.24) is 19.6 Å². The Balaban J connectivity index is 1.51. The fourth-order valence-electron chi connectivity index (χ4n) is 2.71. The Kier molecular flexibility index (Phi) is 5.03. The van der Waals surface area contributed by atoms with E-state index in [1.165, 1.54) is 11.5 Å². The number of nitrogens with one attached hydrogen (secondary N) is 1. The third kappa shape index (κ3) is 4.14. The van der Waals surface area contributed by atoms with Gasteiger partial charge in [-0.15, -0.1) is 0 Å². The molecular formula is C17H22N4OS.